The topological polar surface area (TPSA) is 50.5 Å². The molecule has 4 heteroatoms. The highest BCUT2D eigenvalue weighted by Gasteiger charge is 1.98. The quantitative estimate of drug-likeness (QED) is 0.431. The molecule has 0 fully saturated rings. The molecule has 0 spiro atoms. The fourth-order valence-corrected chi connectivity index (χ4v) is 2.68. The maximum absolute atomic E-state index is 4.45. The molecule has 0 radical (unpaired) electrons. The molecular formula is C24H18N4. The van der Waals surface area contributed by atoms with Crippen molar-refractivity contribution in [2.24, 2.45) is 9.98 Å². The monoisotopic (exact) mass is 362 g/mol. The number of hydrogen-bond acceptors (Lipinski definition) is 4. The third-order valence-corrected chi connectivity index (χ3v) is 4.21. The van der Waals surface area contributed by atoms with E-state index in [4.69, 9.17) is 0 Å². The summed E-state index contributed by atoms with van der Waals surface area (Å²) in [4.78, 5) is 16.9. The molecule has 0 aliphatic heterocycles. The van der Waals surface area contributed by atoms with Crippen molar-refractivity contribution in [1.29, 1.82) is 0 Å². The van der Waals surface area contributed by atoms with Crippen molar-refractivity contribution in [3.8, 4) is 11.1 Å². The van der Waals surface area contributed by atoms with Gasteiger partial charge in [0, 0.05) is 37.2 Å². The maximum atomic E-state index is 4.45. The van der Waals surface area contributed by atoms with Crippen molar-refractivity contribution < 1.29 is 0 Å². The molecule has 0 N–H and O–H groups in total. The lowest BCUT2D eigenvalue weighted by Crippen LogP contribution is -1.84. The Morgan fingerprint density at radius 1 is 0.464 bits per heavy atom. The van der Waals surface area contributed by atoms with Crippen LogP contribution in [0.4, 0.5) is 11.4 Å². The average Bonchev–Trinajstić information content (AvgIpc) is 2.78. The highest BCUT2D eigenvalue weighted by molar-refractivity contribution is 5.84. The van der Waals surface area contributed by atoms with E-state index in [0.29, 0.717) is 0 Å². The van der Waals surface area contributed by atoms with Crippen LogP contribution in [-0.4, -0.2) is 22.4 Å². The lowest BCUT2D eigenvalue weighted by Gasteiger charge is -2.03. The highest BCUT2D eigenvalue weighted by atomic mass is 14.7. The lowest BCUT2D eigenvalue weighted by molar-refractivity contribution is 1.31. The predicted molar refractivity (Wildman–Crippen MR) is 115 cm³/mol. The van der Waals surface area contributed by atoms with E-state index in [2.05, 4.69) is 68.5 Å². The van der Waals surface area contributed by atoms with Crippen molar-refractivity contribution in [2.75, 3.05) is 0 Å². The third-order valence-electron chi connectivity index (χ3n) is 4.21. The number of rotatable bonds is 5. The van der Waals surface area contributed by atoms with Crippen LogP contribution in [0.2, 0.25) is 0 Å². The zero-order valence-electron chi connectivity index (χ0n) is 15.2. The first-order chi connectivity index (χ1) is 13.9. The number of nitrogens with zero attached hydrogens (tertiary/aromatic N) is 4. The predicted octanol–water partition coefficient (Wildman–Crippen LogP) is 5.64. The smallest absolute Gasteiger partial charge is 0.0660 e. The zero-order valence-corrected chi connectivity index (χ0v) is 15.2. The summed E-state index contributed by atoms with van der Waals surface area (Å²) in [5, 5.41) is 0. The van der Waals surface area contributed by atoms with Crippen LogP contribution < -0.4 is 0 Å². The SMILES string of the molecule is C(=N\c1ccncc1)/c1ccc(-c2ccc(/C=N/c3ccncc3)cc2)cc1. The van der Waals surface area contributed by atoms with Crippen LogP contribution in [0.3, 0.4) is 0 Å². The summed E-state index contributed by atoms with van der Waals surface area (Å²) in [6, 6.07) is 24.2. The van der Waals surface area contributed by atoms with Gasteiger partial charge in [-0.15, -0.1) is 0 Å². The average molecular weight is 362 g/mol. The Labute approximate surface area is 164 Å². The summed E-state index contributed by atoms with van der Waals surface area (Å²) in [6.07, 6.45) is 10.7. The van der Waals surface area contributed by atoms with Gasteiger partial charge in [-0.1, -0.05) is 48.5 Å². The first kappa shape index (κ1) is 17.5. The van der Waals surface area contributed by atoms with Crippen LogP contribution in [-0.2, 0) is 0 Å². The molecule has 4 nitrogen and oxygen atoms in total. The molecule has 134 valence electrons. The van der Waals surface area contributed by atoms with Gasteiger partial charge in [0.05, 0.1) is 11.4 Å². The van der Waals surface area contributed by atoms with E-state index in [1.165, 1.54) is 11.1 Å². The van der Waals surface area contributed by atoms with Gasteiger partial charge in [-0.3, -0.25) is 20.0 Å². The molecule has 0 aliphatic rings. The summed E-state index contributed by atoms with van der Waals surface area (Å²) in [7, 11) is 0. The van der Waals surface area contributed by atoms with Crippen LogP contribution in [0, 0.1) is 0 Å². The highest BCUT2D eigenvalue weighted by Crippen LogP contribution is 2.20. The van der Waals surface area contributed by atoms with Crippen LogP contribution in [0.1, 0.15) is 11.1 Å². The second kappa shape index (κ2) is 8.64. The van der Waals surface area contributed by atoms with E-state index >= 15 is 0 Å². The number of pyridine rings is 2. The van der Waals surface area contributed by atoms with Gasteiger partial charge in [0.2, 0.25) is 0 Å². The lowest BCUT2D eigenvalue weighted by atomic mass is 10.0. The Morgan fingerprint density at radius 3 is 1.18 bits per heavy atom. The minimum Gasteiger partial charge on any atom is -0.265 e. The van der Waals surface area contributed by atoms with Gasteiger partial charge in [-0.25, -0.2) is 0 Å². The fraction of sp³-hybridized carbons (Fsp3) is 0. The van der Waals surface area contributed by atoms with Crippen LogP contribution >= 0.6 is 0 Å². The van der Waals surface area contributed by atoms with Crippen LogP contribution in [0.5, 0.6) is 0 Å². The van der Waals surface area contributed by atoms with Gasteiger partial charge in [0.1, 0.15) is 0 Å². The van der Waals surface area contributed by atoms with Crippen molar-refractivity contribution >= 4 is 23.8 Å². The molecule has 0 amide bonds. The molecular weight excluding hydrogens is 344 g/mol. The maximum Gasteiger partial charge on any atom is 0.0660 e. The number of benzene rings is 2. The molecule has 2 aromatic heterocycles. The minimum absolute atomic E-state index is 0.892. The molecule has 4 rings (SSSR count). The van der Waals surface area contributed by atoms with Gasteiger partial charge >= 0.3 is 0 Å². The van der Waals surface area contributed by atoms with E-state index in [-0.39, 0.29) is 0 Å². The largest absolute Gasteiger partial charge is 0.265 e. The Morgan fingerprint density at radius 2 is 0.821 bits per heavy atom. The number of hydrogen-bond donors (Lipinski definition) is 0. The Hall–Kier alpha value is -3.92. The molecule has 2 heterocycles. The molecule has 0 saturated heterocycles. The molecule has 0 aliphatic carbocycles. The summed E-state index contributed by atoms with van der Waals surface area (Å²) >= 11 is 0. The first-order valence-corrected chi connectivity index (χ1v) is 8.95. The summed E-state index contributed by atoms with van der Waals surface area (Å²) < 4.78 is 0. The number of aromatic nitrogens is 2. The molecule has 0 saturated carbocycles. The molecule has 0 bridgehead atoms. The summed E-state index contributed by atoms with van der Waals surface area (Å²) in [5.74, 6) is 0. The Bertz CT molecular complexity index is 978. The summed E-state index contributed by atoms with van der Waals surface area (Å²) in [5.41, 5.74) is 6.23. The van der Waals surface area contributed by atoms with Crippen LogP contribution in [0.25, 0.3) is 11.1 Å². The van der Waals surface area contributed by atoms with Gasteiger partial charge in [0.15, 0.2) is 0 Å². The fourth-order valence-electron chi connectivity index (χ4n) is 2.68. The first-order valence-electron chi connectivity index (χ1n) is 8.95. The molecule has 4 aromatic rings. The molecule has 0 atom stereocenters. The van der Waals surface area contributed by atoms with Crippen molar-refractivity contribution in [3.05, 3.63) is 109 Å². The normalized spacial score (nSPS) is 11.3. The van der Waals surface area contributed by atoms with Crippen molar-refractivity contribution in [2.45, 2.75) is 0 Å². The van der Waals surface area contributed by atoms with E-state index in [1.807, 2.05) is 36.7 Å². The molecule has 2 aromatic carbocycles. The van der Waals surface area contributed by atoms with Gasteiger partial charge in [0.25, 0.3) is 0 Å². The van der Waals surface area contributed by atoms with Gasteiger partial charge < -0.3 is 0 Å². The van der Waals surface area contributed by atoms with Gasteiger partial charge in [-0.2, -0.15) is 0 Å². The van der Waals surface area contributed by atoms with E-state index in [9.17, 15) is 0 Å². The standard InChI is InChI=1S/C24H18N4/c1-5-21(6-2-19(1)17-27-23-9-13-25-14-10-23)22-7-3-20(4-8-22)18-28-24-11-15-26-16-12-24/h1-18H/b27-17+,28-18+. The van der Waals surface area contributed by atoms with Crippen molar-refractivity contribution in [3.63, 3.8) is 0 Å². The van der Waals surface area contributed by atoms with E-state index in [0.717, 1.165) is 22.5 Å². The van der Waals surface area contributed by atoms with Crippen molar-refractivity contribution in [1.82, 2.24) is 9.97 Å². The van der Waals surface area contributed by atoms with E-state index in [1.54, 1.807) is 24.8 Å². The Kier molecular flexibility index (Phi) is 5.40. The zero-order chi connectivity index (χ0) is 19.0. The van der Waals surface area contributed by atoms with E-state index < -0.39 is 0 Å². The number of aliphatic imine (C=N–C) groups is 2. The second-order valence-electron chi connectivity index (χ2n) is 6.17. The minimum atomic E-state index is 0.892. The summed E-state index contributed by atoms with van der Waals surface area (Å²) in [6.45, 7) is 0. The van der Waals surface area contributed by atoms with Gasteiger partial charge in [-0.05, 0) is 46.5 Å². The second-order valence-corrected chi connectivity index (χ2v) is 6.17. The third kappa shape index (κ3) is 4.62. The Balaban J connectivity index is 1.44. The van der Waals surface area contributed by atoms with Crippen LogP contribution in [0.15, 0.2) is 108 Å². The molecule has 0 unspecified atom stereocenters. The molecule has 28 heavy (non-hydrogen) atoms.